The number of fused-ring (bicyclic) bond motifs is 2. The Bertz CT molecular complexity index is 1420. The smallest absolute Gasteiger partial charge is 0.265 e. The topological polar surface area (TPSA) is 81.8 Å². The summed E-state index contributed by atoms with van der Waals surface area (Å²) in [6.45, 7) is 1.84. The van der Waals surface area contributed by atoms with Gasteiger partial charge in [0.15, 0.2) is 10.8 Å². The summed E-state index contributed by atoms with van der Waals surface area (Å²) in [5, 5.41) is 8.60. The minimum atomic E-state index is -0.358. The van der Waals surface area contributed by atoms with Crippen molar-refractivity contribution < 1.29 is 9.18 Å². The van der Waals surface area contributed by atoms with Crippen LogP contribution in [0.15, 0.2) is 58.6 Å². The van der Waals surface area contributed by atoms with Crippen LogP contribution in [0, 0.1) is 12.7 Å². The van der Waals surface area contributed by atoms with Crippen LogP contribution in [0.3, 0.4) is 0 Å². The van der Waals surface area contributed by atoms with E-state index in [9.17, 15) is 14.0 Å². The van der Waals surface area contributed by atoms with Gasteiger partial charge in [0, 0.05) is 22.9 Å². The molecule has 4 aromatic rings. The number of thioether (sulfide) groups is 1. The van der Waals surface area contributed by atoms with Crippen molar-refractivity contribution >= 4 is 46.0 Å². The zero-order chi connectivity index (χ0) is 22.4. The summed E-state index contributed by atoms with van der Waals surface area (Å²) >= 11 is 7.55. The van der Waals surface area contributed by atoms with E-state index in [4.69, 9.17) is 11.6 Å². The number of anilines is 1. The van der Waals surface area contributed by atoms with Crippen molar-refractivity contribution in [2.75, 3.05) is 11.1 Å². The van der Waals surface area contributed by atoms with Gasteiger partial charge in [-0.3, -0.25) is 14.2 Å². The molecule has 0 fully saturated rings. The summed E-state index contributed by atoms with van der Waals surface area (Å²) in [4.78, 5) is 30.5. The second-order valence-corrected chi connectivity index (χ2v) is 8.86. The monoisotopic (exact) mass is 469 g/mol. The highest BCUT2D eigenvalue weighted by molar-refractivity contribution is 7.99. The molecule has 2 aromatic carbocycles. The van der Waals surface area contributed by atoms with E-state index in [2.05, 4.69) is 15.4 Å². The van der Waals surface area contributed by atoms with E-state index in [1.165, 1.54) is 34.8 Å². The number of amides is 1. The summed E-state index contributed by atoms with van der Waals surface area (Å²) in [6.07, 6.45) is 1.59. The third-order valence-electron chi connectivity index (χ3n) is 5.40. The van der Waals surface area contributed by atoms with Crippen molar-refractivity contribution in [1.82, 2.24) is 19.3 Å². The number of benzene rings is 2. The van der Waals surface area contributed by atoms with E-state index in [1.54, 1.807) is 34.9 Å². The molecule has 10 heteroatoms. The molecule has 32 heavy (non-hydrogen) atoms. The van der Waals surface area contributed by atoms with Crippen molar-refractivity contribution in [3.05, 3.63) is 75.4 Å². The molecule has 7 nitrogen and oxygen atoms in total. The van der Waals surface area contributed by atoms with E-state index >= 15 is 0 Å². The van der Waals surface area contributed by atoms with Gasteiger partial charge in [0.05, 0.1) is 17.9 Å². The fraction of sp³-hybridized carbons (Fsp3) is 0.182. The highest BCUT2D eigenvalue weighted by Crippen LogP contribution is 2.34. The third kappa shape index (κ3) is 3.57. The highest BCUT2D eigenvalue weighted by atomic mass is 35.5. The number of hydrogen-bond acceptors (Lipinski definition) is 5. The third-order valence-corrected chi connectivity index (χ3v) is 6.91. The first-order chi connectivity index (χ1) is 15.4. The molecule has 162 valence electrons. The van der Waals surface area contributed by atoms with Crippen LogP contribution in [-0.2, 0) is 4.79 Å². The second-order valence-electron chi connectivity index (χ2n) is 7.47. The molecular formula is C22H17ClFN5O2S. The average molecular weight is 470 g/mol. The average Bonchev–Trinajstić information content (AvgIpc) is 3.37. The molecule has 0 saturated carbocycles. The van der Waals surface area contributed by atoms with Crippen LogP contribution in [0.2, 0.25) is 5.02 Å². The number of nitrogens with one attached hydrogen (secondary N) is 1. The van der Waals surface area contributed by atoms with Gasteiger partial charge >= 0.3 is 0 Å². The van der Waals surface area contributed by atoms with Crippen molar-refractivity contribution in [2.24, 2.45) is 0 Å². The Balaban J connectivity index is 1.44. The molecule has 2 aromatic heterocycles. The Labute approximate surface area is 191 Å². The molecule has 1 unspecified atom stereocenters. The lowest BCUT2D eigenvalue weighted by atomic mass is 10.1. The van der Waals surface area contributed by atoms with E-state index in [-0.39, 0.29) is 29.7 Å². The number of halogens is 2. The van der Waals surface area contributed by atoms with Gasteiger partial charge in [-0.05, 0) is 48.9 Å². The summed E-state index contributed by atoms with van der Waals surface area (Å²) in [7, 11) is 0. The minimum absolute atomic E-state index is 0.130. The number of aromatic nitrogens is 4. The lowest BCUT2D eigenvalue weighted by Crippen LogP contribution is -2.27. The maximum Gasteiger partial charge on any atom is 0.265 e. The number of rotatable bonds is 4. The normalized spacial score (nSPS) is 15.2. The van der Waals surface area contributed by atoms with Crippen molar-refractivity contribution in [3.8, 4) is 5.69 Å². The van der Waals surface area contributed by atoms with Crippen LogP contribution < -0.4 is 10.9 Å². The first-order valence-corrected chi connectivity index (χ1v) is 11.2. The standard InChI is InChI=1S/C22H17ClFN5O2S/c1-12-17(23)3-2-4-18(12)26-19(30)9-15-11-32-22-27-20-16(21(31)28(15)22)10-25-29(20)14-7-5-13(24)6-8-14/h2-8,10,15H,9,11H2,1H3,(H,26,30). The van der Waals surface area contributed by atoms with E-state index < -0.39 is 0 Å². The largest absolute Gasteiger partial charge is 0.326 e. The number of carbonyl (C=O) groups is 1. The molecule has 1 amide bonds. The van der Waals surface area contributed by atoms with Crippen LogP contribution in [0.25, 0.3) is 16.7 Å². The van der Waals surface area contributed by atoms with Crippen LogP contribution >= 0.6 is 23.4 Å². The minimum Gasteiger partial charge on any atom is -0.326 e. The van der Waals surface area contributed by atoms with E-state index in [0.717, 1.165) is 5.56 Å². The maximum absolute atomic E-state index is 13.3. The van der Waals surface area contributed by atoms with Gasteiger partial charge in [-0.1, -0.05) is 29.4 Å². The molecule has 5 rings (SSSR count). The Hall–Kier alpha value is -3.17. The van der Waals surface area contributed by atoms with Crippen molar-refractivity contribution in [2.45, 2.75) is 24.5 Å². The highest BCUT2D eigenvalue weighted by Gasteiger charge is 2.29. The Morgan fingerprint density at radius 2 is 2.06 bits per heavy atom. The predicted octanol–water partition coefficient (Wildman–Crippen LogP) is 4.36. The molecule has 0 saturated heterocycles. The number of carbonyl (C=O) groups excluding carboxylic acids is 1. The van der Waals surface area contributed by atoms with Gasteiger partial charge in [0.1, 0.15) is 11.2 Å². The Kier molecular flexibility index (Phi) is 5.22. The zero-order valence-electron chi connectivity index (χ0n) is 16.9. The second kappa shape index (κ2) is 8.07. The molecule has 1 atom stereocenters. The van der Waals surface area contributed by atoms with Crippen LogP contribution in [0.5, 0.6) is 0 Å². The molecule has 0 aliphatic carbocycles. The first kappa shape index (κ1) is 20.7. The van der Waals surface area contributed by atoms with E-state index in [0.29, 0.717) is 38.3 Å². The van der Waals surface area contributed by atoms with Gasteiger partial charge in [-0.25, -0.2) is 14.1 Å². The molecule has 0 radical (unpaired) electrons. The summed E-state index contributed by atoms with van der Waals surface area (Å²) in [5.74, 6) is -0.00702. The van der Waals surface area contributed by atoms with E-state index in [1.807, 2.05) is 6.92 Å². The summed E-state index contributed by atoms with van der Waals surface area (Å²) < 4.78 is 16.3. The van der Waals surface area contributed by atoms with Gasteiger partial charge in [0.2, 0.25) is 5.91 Å². The predicted molar refractivity (Wildman–Crippen MR) is 122 cm³/mol. The summed E-state index contributed by atoms with van der Waals surface area (Å²) in [5.41, 5.74) is 2.20. The molecular weight excluding hydrogens is 453 g/mol. The van der Waals surface area contributed by atoms with Crippen LogP contribution in [0.4, 0.5) is 10.1 Å². The Morgan fingerprint density at radius 3 is 2.84 bits per heavy atom. The molecule has 0 bridgehead atoms. The van der Waals surface area contributed by atoms with Gasteiger partial charge in [0.25, 0.3) is 5.56 Å². The first-order valence-electron chi connectivity index (χ1n) is 9.86. The number of hydrogen-bond donors (Lipinski definition) is 1. The summed E-state index contributed by atoms with van der Waals surface area (Å²) in [6, 6.07) is 10.8. The fourth-order valence-electron chi connectivity index (χ4n) is 3.71. The zero-order valence-corrected chi connectivity index (χ0v) is 18.5. The SMILES string of the molecule is Cc1c(Cl)cccc1NC(=O)CC1CSc2nc3c(cnn3-c3ccc(F)cc3)c(=O)n21. The number of nitrogens with zero attached hydrogens (tertiary/aromatic N) is 4. The van der Waals surface area contributed by atoms with Crippen molar-refractivity contribution in [1.29, 1.82) is 0 Å². The maximum atomic E-state index is 13.3. The van der Waals surface area contributed by atoms with Gasteiger partial charge in [-0.2, -0.15) is 5.10 Å². The quantitative estimate of drug-likeness (QED) is 0.449. The molecule has 3 heterocycles. The van der Waals surface area contributed by atoms with Gasteiger partial charge in [-0.15, -0.1) is 0 Å². The Morgan fingerprint density at radius 1 is 1.28 bits per heavy atom. The van der Waals surface area contributed by atoms with Gasteiger partial charge < -0.3 is 5.32 Å². The molecule has 1 N–H and O–H groups in total. The van der Waals surface area contributed by atoms with Crippen molar-refractivity contribution in [3.63, 3.8) is 0 Å². The molecule has 1 aliphatic rings. The lowest BCUT2D eigenvalue weighted by molar-refractivity contribution is -0.116. The van der Waals surface area contributed by atoms with Crippen LogP contribution in [0.1, 0.15) is 18.0 Å². The van der Waals surface area contributed by atoms with Crippen LogP contribution in [-0.4, -0.2) is 31.0 Å². The molecule has 0 spiro atoms. The molecule has 1 aliphatic heterocycles. The fourth-order valence-corrected chi connectivity index (χ4v) is 5.02. The lowest BCUT2D eigenvalue weighted by Gasteiger charge is -2.14.